The Morgan fingerprint density at radius 3 is 2.41 bits per heavy atom. The Balaban J connectivity index is 1.73. The zero-order chi connectivity index (χ0) is 19.3. The predicted molar refractivity (Wildman–Crippen MR) is 114 cm³/mol. The van der Waals surface area contributed by atoms with E-state index in [1.165, 1.54) is 16.7 Å². The van der Waals surface area contributed by atoms with Crippen molar-refractivity contribution in [1.82, 2.24) is 5.32 Å². The van der Waals surface area contributed by atoms with Gasteiger partial charge in [-0.05, 0) is 56.7 Å². The van der Waals surface area contributed by atoms with Gasteiger partial charge in [-0.3, -0.25) is 0 Å². The molecular formula is C25H35NO. The van der Waals surface area contributed by atoms with E-state index in [4.69, 9.17) is 4.74 Å². The molecule has 2 nitrogen and oxygen atoms in total. The first-order chi connectivity index (χ1) is 13.0. The van der Waals surface area contributed by atoms with Gasteiger partial charge in [-0.15, -0.1) is 0 Å². The van der Waals surface area contributed by atoms with Gasteiger partial charge < -0.3 is 10.1 Å². The Bertz CT molecular complexity index is 694. The molecule has 1 aliphatic heterocycles. The molecule has 2 aromatic rings. The summed E-state index contributed by atoms with van der Waals surface area (Å²) >= 11 is 0. The largest absolute Gasteiger partial charge is 0.378 e. The molecule has 1 aliphatic rings. The van der Waals surface area contributed by atoms with Gasteiger partial charge in [0, 0.05) is 18.1 Å². The van der Waals surface area contributed by atoms with Crippen LogP contribution in [0, 0.1) is 12.8 Å². The van der Waals surface area contributed by atoms with E-state index >= 15 is 0 Å². The molecule has 0 aromatic heterocycles. The maximum absolute atomic E-state index is 6.12. The van der Waals surface area contributed by atoms with Gasteiger partial charge in [0.25, 0.3) is 0 Å². The Labute approximate surface area is 165 Å². The maximum atomic E-state index is 6.12. The summed E-state index contributed by atoms with van der Waals surface area (Å²) in [6.07, 6.45) is 3.74. The molecule has 1 N–H and O–H groups in total. The summed E-state index contributed by atoms with van der Waals surface area (Å²) in [6, 6.07) is 20.3. The van der Waals surface area contributed by atoms with Gasteiger partial charge in [-0.1, -0.05) is 74.0 Å². The van der Waals surface area contributed by atoms with Crippen molar-refractivity contribution < 1.29 is 4.74 Å². The van der Waals surface area contributed by atoms with Crippen LogP contribution in [0.5, 0.6) is 0 Å². The van der Waals surface area contributed by atoms with E-state index in [2.05, 4.69) is 87.6 Å². The molecular weight excluding hydrogens is 330 g/mol. The minimum Gasteiger partial charge on any atom is -0.378 e. The van der Waals surface area contributed by atoms with Crippen molar-refractivity contribution in [1.29, 1.82) is 0 Å². The number of nitrogens with one attached hydrogen (secondary N) is 1. The Hall–Kier alpha value is -1.64. The third kappa shape index (κ3) is 5.00. The SMILES string of the molecule is Cc1ccc([C@]2(CCN[C@H](C)c3ccccc3)CCO[C@@H](C(C)C)C2)cc1. The molecule has 0 unspecified atom stereocenters. The van der Waals surface area contributed by atoms with Gasteiger partial charge in [-0.2, -0.15) is 0 Å². The molecule has 3 atom stereocenters. The van der Waals surface area contributed by atoms with Crippen LogP contribution in [0.2, 0.25) is 0 Å². The van der Waals surface area contributed by atoms with Crippen LogP contribution in [0.3, 0.4) is 0 Å². The van der Waals surface area contributed by atoms with Crippen molar-refractivity contribution in [3.05, 3.63) is 71.3 Å². The van der Waals surface area contributed by atoms with E-state index in [1.807, 2.05) is 0 Å². The first-order valence-electron chi connectivity index (χ1n) is 10.5. The second-order valence-corrected chi connectivity index (χ2v) is 8.59. The fourth-order valence-corrected chi connectivity index (χ4v) is 4.31. The van der Waals surface area contributed by atoms with Crippen molar-refractivity contribution in [3.8, 4) is 0 Å². The molecule has 27 heavy (non-hydrogen) atoms. The maximum Gasteiger partial charge on any atom is 0.0606 e. The summed E-state index contributed by atoms with van der Waals surface area (Å²) in [5, 5.41) is 3.76. The molecule has 1 fully saturated rings. The first kappa shape index (κ1) is 20.1. The number of aryl methyl sites for hydroxylation is 1. The molecule has 1 heterocycles. The molecule has 1 saturated heterocycles. The molecule has 0 aliphatic carbocycles. The highest BCUT2D eigenvalue weighted by molar-refractivity contribution is 5.30. The molecule has 3 rings (SSSR count). The molecule has 2 heteroatoms. The van der Waals surface area contributed by atoms with Crippen molar-refractivity contribution in [2.45, 2.75) is 64.5 Å². The highest BCUT2D eigenvalue weighted by Crippen LogP contribution is 2.41. The smallest absolute Gasteiger partial charge is 0.0606 e. The van der Waals surface area contributed by atoms with E-state index in [1.54, 1.807) is 0 Å². The van der Waals surface area contributed by atoms with E-state index in [0.29, 0.717) is 18.1 Å². The van der Waals surface area contributed by atoms with Crippen LogP contribution in [-0.2, 0) is 10.2 Å². The third-order valence-corrected chi connectivity index (χ3v) is 6.27. The van der Waals surface area contributed by atoms with E-state index in [-0.39, 0.29) is 5.41 Å². The van der Waals surface area contributed by atoms with E-state index in [9.17, 15) is 0 Å². The second-order valence-electron chi connectivity index (χ2n) is 8.59. The second kappa shape index (κ2) is 9.03. The predicted octanol–water partition coefficient (Wildman–Crippen LogP) is 5.81. The van der Waals surface area contributed by atoms with Crippen LogP contribution in [-0.4, -0.2) is 19.3 Å². The molecule has 0 saturated carbocycles. The van der Waals surface area contributed by atoms with Crippen molar-refractivity contribution in [2.75, 3.05) is 13.2 Å². The van der Waals surface area contributed by atoms with Gasteiger partial charge in [0.1, 0.15) is 0 Å². The average molecular weight is 366 g/mol. The first-order valence-corrected chi connectivity index (χ1v) is 10.5. The van der Waals surface area contributed by atoms with Gasteiger partial charge in [0.2, 0.25) is 0 Å². The average Bonchev–Trinajstić information content (AvgIpc) is 2.69. The molecule has 0 amide bonds. The number of ether oxygens (including phenoxy) is 1. The quantitative estimate of drug-likeness (QED) is 0.668. The van der Waals surface area contributed by atoms with Gasteiger partial charge >= 0.3 is 0 Å². The van der Waals surface area contributed by atoms with Gasteiger partial charge in [0.15, 0.2) is 0 Å². The number of benzene rings is 2. The van der Waals surface area contributed by atoms with Crippen LogP contribution < -0.4 is 5.32 Å². The Kier molecular flexibility index (Phi) is 6.73. The topological polar surface area (TPSA) is 21.3 Å². The summed E-state index contributed by atoms with van der Waals surface area (Å²) < 4.78 is 6.12. The number of rotatable bonds is 7. The van der Waals surface area contributed by atoms with Crippen LogP contribution in [0.1, 0.15) is 62.8 Å². The standard InChI is InChI=1S/C25H35NO/c1-19(2)24-18-25(15-17-27-24,23-12-10-20(3)11-13-23)14-16-26-21(4)22-8-6-5-7-9-22/h5-13,19,21,24,26H,14-18H2,1-4H3/t21-,24-,25-/m1/s1. The van der Waals surface area contributed by atoms with Crippen LogP contribution >= 0.6 is 0 Å². The zero-order valence-electron chi connectivity index (χ0n) is 17.4. The summed E-state index contributed by atoms with van der Waals surface area (Å²) in [6.45, 7) is 10.9. The normalized spacial score (nSPS) is 24.1. The Morgan fingerprint density at radius 2 is 1.74 bits per heavy atom. The minimum atomic E-state index is 0.213. The highest BCUT2D eigenvalue weighted by Gasteiger charge is 2.39. The monoisotopic (exact) mass is 365 g/mol. The lowest BCUT2D eigenvalue weighted by molar-refractivity contribution is -0.0470. The lowest BCUT2D eigenvalue weighted by Crippen LogP contribution is -2.42. The molecule has 2 aromatic carbocycles. The molecule has 0 bridgehead atoms. The van der Waals surface area contributed by atoms with Crippen molar-refractivity contribution >= 4 is 0 Å². The summed E-state index contributed by atoms with van der Waals surface area (Å²) in [5.41, 5.74) is 4.38. The highest BCUT2D eigenvalue weighted by atomic mass is 16.5. The van der Waals surface area contributed by atoms with Crippen LogP contribution in [0.15, 0.2) is 54.6 Å². The number of hydrogen-bond acceptors (Lipinski definition) is 2. The molecule has 0 spiro atoms. The zero-order valence-corrected chi connectivity index (χ0v) is 17.4. The lowest BCUT2D eigenvalue weighted by Gasteiger charge is -2.43. The molecule has 146 valence electrons. The fourth-order valence-electron chi connectivity index (χ4n) is 4.31. The van der Waals surface area contributed by atoms with E-state index in [0.717, 1.165) is 32.4 Å². The lowest BCUT2D eigenvalue weighted by atomic mass is 9.68. The van der Waals surface area contributed by atoms with Crippen molar-refractivity contribution in [3.63, 3.8) is 0 Å². The Morgan fingerprint density at radius 1 is 1.04 bits per heavy atom. The van der Waals surface area contributed by atoms with Crippen molar-refractivity contribution in [2.24, 2.45) is 5.92 Å². The minimum absolute atomic E-state index is 0.213. The van der Waals surface area contributed by atoms with Gasteiger partial charge in [0.05, 0.1) is 6.10 Å². The summed E-state index contributed by atoms with van der Waals surface area (Å²) in [4.78, 5) is 0. The third-order valence-electron chi connectivity index (χ3n) is 6.27. The number of hydrogen-bond donors (Lipinski definition) is 1. The van der Waals surface area contributed by atoms with Crippen LogP contribution in [0.4, 0.5) is 0 Å². The fraction of sp³-hybridized carbons (Fsp3) is 0.520. The molecule has 0 radical (unpaired) electrons. The van der Waals surface area contributed by atoms with E-state index < -0.39 is 0 Å². The van der Waals surface area contributed by atoms with Gasteiger partial charge in [-0.25, -0.2) is 0 Å². The van der Waals surface area contributed by atoms with Crippen LogP contribution in [0.25, 0.3) is 0 Å². The summed E-state index contributed by atoms with van der Waals surface area (Å²) in [7, 11) is 0. The summed E-state index contributed by atoms with van der Waals surface area (Å²) in [5.74, 6) is 0.561.